The molecule has 6 heteroatoms. The van der Waals surface area contributed by atoms with Gasteiger partial charge in [0.2, 0.25) is 0 Å². The fraction of sp³-hybridized carbons (Fsp3) is 0.346. The van der Waals surface area contributed by atoms with Crippen LogP contribution in [0.25, 0.3) is 22.2 Å². The van der Waals surface area contributed by atoms with E-state index in [0.29, 0.717) is 23.4 Å². The summed E-state index contributed by atoms with van der Waals surface area (Å²) in [5, 5.41) is 4.54. The maximum atomic E-state index is 12.6. The number of carbonyl (C=O) groups excluding carboxylic acids is 1. The minimum absolute atomic E-state index is 0.0703. The third-order valence-corrected chi connectivity index (χ3v) is 6.40. The molecule has 3 N–H and O–H groups in total. The Morgan fingerprint density at radius 2 is 1.72 bits per heavy atom. The molecule has 1 aliphatic rings. The largest absolute Gasteiger partial charge is 0.398 e. The van der Waals surface area contributed by atoms with Crippen LogP contribution in [0.15, 0.2) is 54.9 Å². The lowest BCUT2D eigenvalue weighted by Gasteiger charge is -2.33. The van der Waals surface area contributed by atoms with Gasteiger partial charge in [0.15, 0.2) is 5.78 Å². The van der Waals surface area contributed by atoms with Crippen LogP contribution in [0.2, 0.25) is 0 Å². The average Bonchev–Trinajstić information content (AvgIpc) is 2.80. The van der Waals surface area contributed by atoms with Crippen LogP contribution in [0.3, 0.4) is 0 Å². The van der Waals surface area contributed by atoms with E-state index in [-0.39, 0.29) is 5.78 Å². The van der Waals surface area contributed by atoms with Gasteiger partial charge < -0.3 is 16.0 Å². The molecule has 0 aliphatic heterocycles. The monoisotopic (exact) mass is 429 g/mol. The summed E-state index contributed by atoms with van der Waals surface area (Å²) in [6.45, 7) is 1.55. The number of nitrogens with two attached hydrogens (primary N) is 1. The number of rotatable bonds is 6. The van der Waals surface area contributed by atoms with E-state index in [2.05, 4.69) is 34.3 Å². The number of anilines is 1. The van der Waals surface area contributed by atoms with E-state index in [9.17, 15) is 4.79 Å². The first kappa shape index (κ1) is 22.0. The molecule has 4 rings (SSSR count). The lowest BCUT2D eigenvalue weighted by molar-refractivity contribution is -0.111. The minimum atomic E-state index is -0.0703. The highest BCUT2D eigenvalue weighted by atomic mass is 16.1. The summed E-state index contributed by atoms with van der Waals surface area (Å²) in [6, 6.07) is 16.4. The second kappa shape index (κ2) is 9.49. The molecule has 0 radical (unpaired) electrons. The molecule has 6 nitrogen and oxygen atoms in total. The van der Waals surface area contributed by atoms with Crippen molar-refractivity contribution in [3.05, 3.63) is 66.0 Å². The fourth-order valence-electron chi connectivity index (χ4n) is 4.57. The number of hydrogen-bond donors (Lipinski definition) is 2. The zero-order chi connectivity index (χ0) is 22.7. The van der Waals surface area contributed by atoms with Crippen LogP contribution in [0.1, 0.15) is 43.7 Å². The summed E-state index contributed by atoms with van der Waals surface area (Å²) in [7, 11) is 4.30. The Hall–Kier alpha value is -3.25. The molecule has 0 amide bonds. The Kier molecular flexibility index (Phi) is 6.51. The molecule has 0 bridgehead atoms. The highest BCUT2D eigenvalue weighted by Gasteiger charge is 2.23. The van der Waals surface area contributed by atoms with Crippen molar-refractivity contribution >= 4 is 33.8 Å². The smallest absolute Gasteiger partial charge is 0.162 e. The number of Topliss-reactive ketones (excluding diaryl/α,β-unsaturated/α-hetero) is 1. The molecule has 0 unspecified atom stereocenters. The van der Waals surface area contributed by atoms with E-state index in [1.807, 2.05) is 48.5 Å². The Morgan fingerprint density at radius 1 is 1.00 bits per heavy atom. The number of allylic oxidation sites excluding steroid dienone is 1. The van der Waals surface area contributed by atoms with Gasteiger partial charge in [-0.2, -0.15) is 0 Å². The van der Waals surface area contributed by atoms with Crippen molar-refractivity contribution in [3.63, 3.8) is 0 Å². The molecule has 32 heavy (non-hydrogen) atoms. The van der Waals surface area contributed by atoms with Gasteiger partial charge in [0.1, 0.15) is 12.1 Å². The number of ketones is 1. The third kappa shape index (κ3) is 4.65. The molecule has 1 fully saturated rings. The molecule has 1 aliphatic carbocycles. The van der Waals surface area contributed by atoms with Crippen molar-refractivity contribution in [1.29, 1.82) is 0 Å². The van der Waals surface area contributed by atoms with Crippen molar-refractivity contribution < 1.29 is 4.79 Å². The summed E-state index contributed by atoms with van der Waals surface area (Å²) in [5.74, 6) is 0.741. The summed E-state index contributed by atoms with van der Waals surface area (Å²) < 4.78 is 0. The van der Waals surface area contributed by atoms with Gasteiger partial charge in [0.05, 0.1) is 11.2 Å². The lowest BCUT2D eigenvalue weighted by atomic mass is 9.90. The topological polar surface area (TPSA) is 84.1 Å². The van der Waals surface area contributed by atoms with Crippen LogP contribution in [0, 0.1) is 0 Å². The van der Waals surface area contributed by atoms with Crippen molar-refractivity contribution in [2.75, 3.05) is 19.4 Å². The second-order valence-corrected chi connectivity index (χ2v) is 8.78. The van der Waals surface area contributed by atoms with Crippen molar-refractivity contribution in [1.82, 2.24) is 14.9 Å². The molecular weight excluding hydrogens is 398 g/mol. The molecule has 2 aromatic carbocycles. The number of fused-ring (bicyclic) bond motifs is 1. The Labute approximate surface area is 189 Å². The van der Waals surface area contributed by atoms with Crippen LogP contribution in [0.4, 0.5) is 5.82 Å². The van der Waals surface area contributed by atoms with E-state index in [1.54, 1.807) is 13.3 Å². The van der Waals surface area contributed by atoms with Crippen molar-refractivity contribution in [2.45, 2.75) is 44.7 Å². The molecular formula is C26H31N5O. The van der Waals surface area contributed by atoms with Gasteiger partial charge in [-0.3, -0.25) is 4.79 Å². The fourth-order valence-corrected chi connectivity index (χ4v) is 4.57. The van der Waals surface area contributed by atoms with E-state index < -0.39 is 0 Å². The number of benzene rings is 2. The van der Waals surface area contributed by atoms with Crippen molar-refractivity contribution in [2.24, 2.45) is 5.73 Å². The van der Waals surface area contributed by atoms with Gasteiger partial charge >= 0.3 is 0 Å². The quantitative estimate of drug-likeness (QED) is 0.448. The predicted octanol–water partition coefficient (Wildman–Crippen LogP) is 4.33. The van der Waals surface area contributed by atoms with Crippen LogP contribution in [0.5, 0.6) is 0 Å². The molecule has 0 saturated heterocycles. The Bertz CT molecular complexity index is 1130. The van der Waals surface area contributed by atoms with Crippen LogP contribution in [-0.2, 0) is 4.79 Å². The number of carbonyl (C=O) groups is 1. The van der Waals surface area contributed by atoms with Crippen LogP contribution >= 0.6 is 0 Å². The lowest BCUT2D eigenvalue weighted by Crippen LogP contribution is -2.36. The first-order valence-electron chi connectivity index (χ1n) is 11.2. The summed E-state index contributed by atoms with van der Waals surface area (Å²) in [6.07, 6.45) is 6.14. The maximum Gasteiger partial charge on any atom is 0.162 e. The maximum absolute atomic E-state index is 12.6. The van der Waals surface area contributed by atoms with Crippen molar-refractivity contribution in [3.8, 4) is 0 Å². The first-order valence-corrected chi connectivity index (χ1v) is 11.2. The van der Waals surface area contributed by atoms with Gasteiger partial charge in [-0.15, -0.1) is 0 Å². The molecule has 1 heterocycles. The standard InChI is InChI=1S/C26H31N5O/c1-17(32)24(25(27)18-7-5-4-6-8-18)19-9-14-23-22(15-19)26(29-16-28-23)30-20-10-12-21(13-11-20)31(2)3/h4-9,14-16,20-21H,10-13,27H2,1-3H3,(H,28,29,30)/b25-24+. The Balaban J connectivity index is 1.68. The number of aromatic nitrogens is 2. The average molecular weight is 430 g/mol. The highest BCUT2D eigenvalue weighted by Crippen LogP contribution is 2.30. The molecule has 1 aromatic heterocycles. The Morgan fingerprint density at radius 3 is 2.38 bits per heavy atom. The molecule has 1 saturated carbocycles. The number of nitrogens with zero attached hydrogens (tertiary/aromatic N) is 3. The molecule has 3 aromatic rings. The van der Waals surface area contributed by atoms with Gasteiger partial charge in [-0.25, -0.2) is 9.97 Å². The minimum Gasteiger partial charge on any atom is -0.398 e. The molecule has 0 spiro atoms. The van der Waals surface area contributed by atoms with Gasteiger partial charge in [-0.1, -0.05) is 36.4 Å². The van der Waals surface area contributed by atoms with E-state index in [0.717, 1.165) is 40.7 Å². The zero-order valence-electron chi connectivity index (χ0n) is 19.0. The van der Waals surface area contributed by atoms with Crippen LogP contribution in [-0.4, -0.2) is 46.8 Å². The first-order chi connectivity index (χ1) is 15.4. The summed E-state index contributed by atoms with van der Waals surface area (Å²) in [4.78, 5) is 23.9. The normalized spacial score (nSPS) is 19.6. The SMILES string of the molecule is CC(=O)/C(=C(\N)c1ccccc1)c1ccc2ncnc(NC3CCC(N(C)C)CC3)c2c1. The highest BCUT2D eigenvalue weighted by molar-refractivity contribution is 6.27. The number of nitrogens with one attached hydrogen (secondary N) is 1. The second-order valence-electron chi connectivity index (χ2n) is 8.78. The van der Waals surface area contributed by atoms with E-state index >= 15 is 0 Å². The molecule has 166 valence electrons. The van der Waals surface area contributed by atoms with Crippen LogP contribution < -0.4 is 11.1 Å². The predicted molar refractivity (Wildman–Crippen MR) is 131 cm³/mol. The van der Waals surface area contributed by atoms with Gasteiger partial charge in [0.25, 0.3) is 0 Å². The summed E-state index contributed by atoms with van der Waals surface area (Å²) in [5.41, 5.74) is 9.89. The van der Waals surface area contributed by atoms with E-state index in [1.165, 1.54) is 12.8 Å². The third-order valence-electron chi connectivity index (χ3n) is 6.40. The van der Waals surface area contributed by atoms with Gasteiger partial charge in [0, 0.05) is 23.0 Å². The molecule has 0 atom stereocenters. The number of hydrogen-bond acceptors (Lipinski definition) is 6. The zero-order valence-corrected chi connectivity index (χ0v) is 19.0. The summed E-state index contributed by atoms with van der Waals surface area (Å²) >= 11 is 0. The van der Waals surface area contributed by atoms with E-state index in [4.69, 9.17) is 5.73 Å². The van der Waals surface area contributed by atoms with Gasteiger partial charge in [-0.05, 0) is 70.0 Å².